The van der Waals surface area contributed by atoms with Gasteiger partial charge < -0.3 is 15.5 Å². The summed E-state index contributed by atoms with van der Waals surface area (Å²) >= 11 is 5.77. The number of carbonyl (C=O) groups excluding carboxylic acids is 1. The summed E-state index contributed by atoms with van der Waals surface area (Å²) in [7, 11) is 0. The van der Waals surface area contributed by atoms with Gasteiger partial charge in [-0.15, -0.1) is 0 Å². The van der Waals surface area contributed by atoms with Gasteiger partial charge in [-0.25, -0.2) is 0 Å². The lowest BCUT2D eigenvalue weighted by Crippen LogP contribution is -2.47. The second-order valence-electron chi connectivity index (χ2n) is 4.93. The molecule has 5 heteroatoms. The molecule has 0 radical (unpaired) electrons. The predicted octanol–water partition coefficient (Wildman–Crippen LogP) is 1.73. The molecule has 1 aromatic carbocycles. The fraction of sp³-hybridized carbons (Fsp3) is 0.500. The average molecular weight is 284 g/mol. The van der Waals surface area contributed by atoms with Crippen molar-refractivity contribution in [3.63, 3.8) is 0 Å². The van der Waals surface area contributed by atoms with Crippen LogP contribution in [0.3, 0.4) is 0 Å². The number of aliphatic hydroxyl groups is 2. The monoisotopic (exact) mass is 283 g/mol. The molecule has 0 aliphatic heterocycles. The van der Waals surface area contributed by atoms with Gasteiger partial charge >= 0.3 is 0 Å². The molecular formula is C14H18ClNO3. The van der Waals surface area contributed by atoms with Crippen LogP contribution in [-0.2, 0) is 0 Å². The summed E-state index contributed by atoms with van der Waals surface area (Å²) in [5.74, 6) is -0.255. The maximum atomic E-state index is 12.0. The van der Waals surface area contributed by atoms with Gasteiger partial charge in [0, 0.05) is 10.6 Å². The van der Waals surface area contributed by atoms with Gasteiger partial charge in [-0.2, -0.15) is 0 Å². The van der Waals surface area contributed by atoms with Crippen LogP contribution in [0, 0.1) is 0 Å². The molecule has 1 aliphatic carbocycles. The molecule has 2 rings (SSSR count). The summed E-state index contributed by atoms with van der Waals surface area (Å²) in [5.41, 5.74) is 0.496. The van der Waals surface area contributed by atoms with E-state index in [0.717, 1.165) is 12.8 Å². The molecule has 0 aromatic heterocycles. The van der Waals surface area contributed by atoms with Gasteiger partial charge in [0.05, 0.1) is 18.2 Å². The Bertz CT molecular complexity index is 435. The number of hydrogen-bond acceptors (Lipinski definition) is 3. The van der Waals surface area contributed by atoms with Crippen molar-refractivity contribution in [2.45, 2.75) is 43.9 Å². The van der Waals surface area contributed by atoms with Gasteiger partial charge in [-0.05, 0) is 37.1 Å². The molecule has 1 fully saturated rings. The zero-order chi connectivity index (χ0) is 13.8. The maximum absolute atomic E-state index is 12.0. The van der Waals surface area contributed by atoms with Crippen molar-refractivity contribution in [1.82, 2.24) is 5.32 Å². The van der Waals surface area contributed by atoms with Crippen molar-refractivity contribution >= 4 is 17.5 Å². The molecule has 0 unspecified atom stereocenters. The van der Waals surface area contributed by atoms with Gasteiger partial charge in [0.1, 0.15) is 0 Å². The first kappa shape index (κ1) is 14.3. The van der Waals surface area contributed by atoms with Crippen LogP contribution in [0.2, 0.25) is 5.02 Å². The summed E-state index contributed by atoms with van der Waals surface area (Å²) in [6, 6.07) is 6.17. The fourth-order valence-electron chi connectivity index (χ4n) is 2.34. The zero-order valence-corrected chi connectivity index (χ0v) is 11.3. The normalized spacial score (nSPS) is 27.6. The van der Waals surface area contributed by atoms with Crippen LogP contribution < -0.4 is 5.32 Å². The van der Waals surface area contributed by atoms with Crippen molar-refractivity contribution < 1.29 is 15.0 Å². The van der Waals surface area contributed by atoms with Crippen LogP contribution in [0.25, 0.3) is 0 Å². The molecule has 1 saturated carbocycles. The van der Waals surface area contributed by atoms with Crippen LogP contribution in [0.15, 0.2) is 24.3 Å². The average Bonchev–Trinajstić information content (AvgIpc) is 2.55. The van der Waals surface area contributed by atoms with E-state index in [9.17, 15) is 15.0 Å². The lowest BCUT2D eigenvalue weighted by molar-refractivity contribution is -0.00124. The third-order valence-electron chi connectivity index (χ3n) is 3.49. The van der Waals surface area contributed by atoms with E-state index >= 15 is 0 Å². The second kappa shape index (κ2) is 6.37. The second-order valence-corrected chi connectivity index (χ2v) is 5.37. The van der Waals surface area contributed by atoms with Crippen LogP contribution >= 0.6 is 11.6 Å². The van der Waals surface area contributed by atoms with Gasteiger partial charge in [0.15, 0.2) is 0 Å². The Kier molecular flexibility index (Phi) is 4.80. The van der Waals surface area contributed by atoms with E-state index in [1.165, 1.54) is 0 Å². The Balaban J connectivity index is 2.02. The summed E-state index contributed by atoms with van der Waals surface area (Å²) < 4.78 is 0. The van der Waals surface area contributed by atoms with Gasteiger partial charge in [0.25, 0.3) is 5.91 Å². The number of amides is 1. The highest BCUT2D eigenvalue weighted by Crippen LogP contribution is 2.19. The van der Waals surface area contributed by atoms with E-state index in [-0.39, 0.29) is 5.91 Å². The number of benzene rings is 1. The molecule has 3 N–H and O–H groups in total. The third kappa shape index (κ3) is 3.69. The van der Waals surface area contributed by atoms with Crippen LogP contribution in [0.1, 0.15) is 36.0 Å². The Labute approximate surface area is 117 Å². The highest BCUT2D eigenvalue weighted by atomic mass is 35.5. The molecule has 104 valence electrons. The topological polar surface area (TPSA) is 69.6 Å². The van der Waals surface area contributed by atoms with E-state index in [2.05, 4.69) is 5.32 Å². The van der Waals surface area contributed by atoms with E-state index < -0.39 is 18.2 Å². The number of halogens is 1. The molecule has 1 aromatic rings. The minimum atomic E-state index is -0.904. The largest absolute Gasteiger partial charge is 0.390 e. The molecule has 0 saturated heterocycles. The van der Waals surface area contributed by atoms with Gasteiger partial charge in [-0.3, -0.25) is 4.79 Å². The zero-order valence-electron chi connectivity index (χ0n) is 10.6. The number of nitrogens with one attached hydrogen (secondary N) is 1. The standard InChI is InChI=1S/C14H18ClNO3/c15-10-7-5-9(6-8-10)14(19)16-11-3-1-2-4-12(17)13(11)18/h5-8,11-13,17-18H,1-4H2,(H,16,19)/t11-,12-,13-/m1/s1. The summed E-state index contributed by atoms with van der Waals surface area (Å²) in [6.07, 6.45) is 1.34. The minimum Gasteiger partial charge on any atom is -0.390 e. The van der Waals surface area contributed by atoms with E-state index in [1.807, 2.05) is 0 Å². The first-order valence-electron chi connectivity index (χ1n) is 6.50. The Hall–Kier alpha value is -1.10. The molecule has 3 atom stereocenters. The van der Waals surface area contributed by atoms with Crippen LogP contribution in [-0.4, -0.2) is 34.4 Å². The summed E-state index contributed by atoms with van der Waals surface area (Å²) in [5, 5.41) is 23.1. The number of carbonyl (C=O) groups is 1. The summed E-state index contributed by atoms with van der Waals surface area (Å²) in [6.45, 7) is 0. The predicted molar refractivity (Wildman–Crippen MR) is 73.2 cm³/mol. The smallest absolute Gasteiger partial charge is 0.251 e. The first-order chi connectivity index (χ1) is 9.08. The third-order valence-corrected chi connectivity index (χ3v) is 3.75. The molecule has 0 heterocycles. The molecule has 19 heavy (non-hydrogen) atoms. The minimum absolute atomic E-state index is 0.255. The van der Waals surface area contributed by atoms with Crippen LogP contribution in [0.5, 0.6) is 0 Å². The maximum Gasteiger partial charge on any atom is 0.251 e. The van der Waals surface area contributed by atoms with E-state index in [1.54, 1.807) is 24.3 Å². The quantitative estimate of drug-likeness (QED) is 0.724. The Morgan fingerprint density at radius 3 is 2.47 bits per heavy atom. The van der Waals surface area contributed by atoms with E-state index in [4.69, 9.17) is 11.6 Å². The number of aliphatic hydroxyl groups excluding tert-OH is 2. The lowest BCUT2D eigenvalue weighted by Gasteiger charge is -2.24. The Morgan fingerprint density at radius 1 is 1.16 bits per heavy atom. The van der Waals surface area contributed by atoms with Crippen molar-refractivity contribution in [3.05, 3.63) is 34.9 Å². The number of hydrogen-bond donors (Lipinski definition) is 3. The molecule has 4 nitrogen and oxygen atoms in total. The van der Waals surface area contributed by atoms with Crippen molar-refractivity contribution in [3.8, 4) is 0 Å². The molecule has 0 spiro atoms. The molecular weight excluding hydrogens is 266 g/mol. The van der Waals surface area contributed by atoms with Gasteiger partial charge in [-0.1, -0.05) is 24.4 Å². The summed E-state index contributed by atoms with van der Waals surface area (Å²) in [4.78, 5) is 12.0. The molecule has 0 bridgehead atoms. The highest BCUT2D eigenvalue weighted by Gasteiger charge is 2.29. The fourth-order valence-corrected chi connectivity index (χ4v) is 2.46. The van der Waals surface area contributed by atoms with Crippen molar-refractivity contribution in [2.75, 3.05) is 0 Å². The highest BCUT2D eigenvalue weighted by molar-refractivity contribution is 6.30. The molecule has 1 amide bonds. The lowest BCUT2D eigenvalue weighted by atomic mass is 10.0. The Morgan fingerprint density at radius 2 is 1.79 bits per heavy atom. The van der Waals surface area contributed by atoms with Crippen molar-refractivity contribution in [2.24, 2.45) is 0 Å². The SMILES string of the molecule is O=C(N[C@@H]1CCCC[C@@H](O)[C@@H]1O)c1ccc(Cl)cc1. The molecule has 1 aliphatic rings. The number of rotatable bonds is 2. The van der Waals surface area contributed by atoms with Crippen LogP contribution in [0.4, 0.5) is 0 Å². The first-order valence-corrected chi connectivity index (χ1v) is 6.88. The van der Waals surface area contributed by atoms with E-state index in [0.29, 0.717) is 23.4 Å². The van der Waals surface area contributed by atoms with Crippen molar-refractivity contribution in [1.29, 1.82) is 0 Å². The van der Waals surface area contributed by atoms with Gasteiger partial charge in [0.2, 0.25) is 0 Å².